The minimum atomic E-state index is 0.206. The van der Waals surface area contributed by atoms with Crippen molar-refractivity contribution in [2.24, 2.45) is 0 Å². The molecule has 1 unspecified atom stereocenters. The van der Waals surface area contributed by atoms with E-state index in [0.29, 0.717) is 0 Å². The molecular weight excluding hydrogens is 156 g/mol. The predicted octanol–water partition coefficient (Wildman–Crippen LogP) is 2.32. The molecule has 1 nitrogen and oxygen atoms in total. The van der Waals surface area contributed by atoms with Crippen molar-refractivity contribution in [3.63, 3.8) is 0 Å². The van der Waals surface area contributed by atoms with Crippen molar-refractivity contribution in [2.75, 3.05) is 0 Å². The number of hydrogen-bond acceptors (Lipinski definition) is 1. The quantitative estimate of drug-likeness (QED) is 0.584. The van der Waals surface area contributed by atoms with E-state index in [-0.39, 0.29) is 5.01 Å². The highest BCUT2D eigenvalue weighted by molar-refractivity contribution is 9.09. The standard InChI is InChI=1S/C5H10BrO/c1-3-5(6)7-4-2/h4-5H,3H2,1-2H3. The summed E-state index contributed by atoms with van der Waals surface area (Å²) in [5.41, 5.74) is 0. The Morgan fingerprint density at radius 1 is 1.86 bits per heavy atom. The number of hydrogen-bond donors (Lipinski definition) is 0. The molecule has 0 aromatic heterocycles. The lowest BCUT2D eigenvalue weighted by Gasteiger charge is -2.02. The van der Waals surface area contributed by atoms with Crippen molar-refractivity contribution < 1.29 is 4.74 Å². The first-order chi connectivity index (χ1) is 3.31. The van der Waals surface area contributed by atoms with E-state index in [1.54, 1.807) is 6.61 Å². The van der Waals surface area contributed by atoms with Gasteiger partial charge in [0, 0.05) is 0 Å². The second kappa shape index (κ2) is 4.60. The summed E-state index contributed by atoms with van der Waals surface area (Å²) in [5.74, 6) is 0. The van der Waals surface area contributed by atoms with Gasteiger partial charge in [-0.25, -0.2) is 0 Å². The van der Waals surface area contributed by atoms with Gasteiger partial charge in [0.15, 0.2) is 0 Å². The molecule has 0 aromatic carbocycles. The van der Waals surface area contributed by atoms with Crippen LogP contribution in [0.4, 0.5) is 0 Å². The van der Waals surface area contributed by atoms with Crippen molar-refractivity contribution in [1.29, 1.82) is 0 Å². The van der Waals surface area contributed by atoms with E-state index < -0.39 is 0 Å². The number of rotatable bonds is 3. The van der Waals surface area contributed by atoms with Crippen LogP contribution < -0.4 is 0 Å². The second-order valence-electron chi connectivity index (χ2n) is 1.19. The fraction of sp³-hybridized carbons (Fsp3) is 0.800. The van der Waals surface area contributed by atoms with Crippen LogP contribution in [0, 0.1) is 6.61 Å². The van der Waals surface area contributed by atoms with Gasteiger partial charge in [-0.05, 0) is 13.3 Å². The first-order valence-electron chi connectivity index (χ1n) is 2.38. The number of ether oxygens (including phenoxy) is 1. The lowest BCUT2D eigenvalue weighted by atomic mass is 10.5. The molecule has 0 aromatic rings. The van der Waals surface area contributed by atoms with E-state index in [2.05, 4.69) is 22.9 Å². The lowest BCUT2D eigenvalue weighted by Crippen LogP contribution is -1.96. The lowest BCUT2D eigenvalue weighted by molar-refractivity contribution is 0.181. The first kappa shape index (κ1) is 7.44. The molecule has 1 radical (unpaired) electrons. The summed E-state index contributed by atoms with van der Waals surface area (Å²) >= 11 is 3.28. The van der Waals surface area contributed by atoms with Crippen LogP contribution in [-0.2, 0) is 4.74 Å². The van der Waals surface area contributed by atoms with Crippen LogP contribution in [0.1, 0.15) is 20.3 Å². The Bertz CT molecular complexity index is 39.1. The molecule has 43 valence electrons. The maximum atomic E-state index is 4.98. The first-order valence-corrected chi connectivity index (χ1v) is 3.30. The van der Waals surface area contributed by atoms with Gasteiger partial charge in [0.1, 0.15) is 5.01 Å². The zero-order valence-corrected chi connectivity index (χ0v) is 6.23. The molecule has 0 bridgehead atoms. The average molecular weight is 166 g/mol. The number of halogens is 1. The average Bonchev–Trinajstić information content (AvgIpc) is 1.68. The third kappa shape index (κ3) is 4.29. The molecule has 0 heterocycles. The van der Waals surface area contributed by atoms with Crippen molar-refractivity contribution in [2.45, 2.75) is 25.3 Å². The minimum Gasteiger partial charge on any atom is -0.361 e. The van der Waals surface area contributed by atoms with E-state index >= 15 is 0 Å². The minimum absolute atomic E-state index is 0.206. The van der Waals surface area contributed by atoms with Crippen molar-refractivity contribution in [3.8, 4) is 0 Å². The topological polar surface area (TPSA) is 9.23 Å². The van der Waals surface area contributed by atoms with Gasteiger partial charge in [0.2, 0.25) is 0 Å². The van der Waals surface area contributed by atoms with Gasteiger partial charge in [0.05, 0.1) is 6.61 Å². The van der Waals surface area contributed by atoms with Crippen molar-refractivity contribution in [1.82, 2.24) is 0 Å². The van der Waals surface area contributed by atoms with E-state index in [0.717, 1.165) is 6.42 Å². The summed E-state index contributed by atoms with van der Waals surface area (Å²) in [6, 6.07) is 0. The Morgan fingerprint density at radius 2 is 2.43 bits per heavy atom. The second-order valence-corrected chi connectivity index (χ2v) is 2.21. The Balaban J connectivity index is 2.83. The van der Waals surface area contributed by atoms with Crippen molar-refractivity contribution in [3.05, 3.63) is 6.61 Å². The zero-order chi connectivity index (χ0) is 5.70. The van der Waals surface area contributed by atoms with E-state index in [1.807, 2.05) is 6.92 Å². The zero-order valence-electron chi connectivity index (χ0n) is 4.65. The van der Waals surface area contributed by atoms with Crippen molar-refractivity contribution >= 4 is 15.9 Å². The monoisotopic (exact) mass is 165 g/mol. The summed E-state index contributed by atoms with van der Waals surface area (Å²) in [5, 5.41) is 0.206. The van der Waals surface area contributed by atoms with Crippen LogP contribution in [0.5, 0.6) is 0 Å². The van der Waals surface area contributed by atoms with E-state index in [4.69, 9.17) is 4.74 Å². The van der Waals surface area contributed by atoms with Crippen LogP contribution in [0.3, 0.4) is 0 Å². The molecule has 0 fully saturated rings. The maximum Gasteiger partial charge on any atom is 0.112 e. The van der Waals surface area contributed by atoms with Crippen LogP contribution in [0.25, 0.3) is 0 Å². The fourth-order valence-corrected chi connectivity index (χ4v) is 0.460. The summed E-state index contributed by atoms with van der Waals surface area (Å²) in [6.07, 6.45) is 1.00. The van der Waals surface area contributed by atoms with E-state index in [1.165, 1.54) is 0 Å². The van der Waals surface area contributed by atoms with Crippen LogP contribution in [0.2, 0.25) is 0 Å². The Labute approximate surface area is 53.2 Å². The van der Waals surface area contributed by atoms with Gasteiger partial charge in [0.25, 0.3) is 0 Å². The summed E-state index contributed by atoms with van der Waals surface area (Å²) in [7, 11) is 0. The van der Waals surface area contributed by atoms with Gasteiger partial charge < -0.3 is 4.74 Å². The Kier molecular flexibility index (Phi) is 4.88. The molecular formula is C5H10BrO. The highest BCUT2D eigenvalue weighted by atomic mass is 79.9. The van der Waals surface area contributed by atoms with E-state index in [9.17, 15) is 0 Å². The third-order valence-corrected chi connectivity index (χ3v) is 1.47. The van der Waals surface area contributed by atoms with Crippen LogP contribution in [0.15, 0.2) is 0 Å². The molecule has 0 amide bonds. The summed E-state index contributed by atoms with van der Waals surface area (Å²) in [6.45, 7) is 5.61. The van der Waals surface area contributed by atoms with Crippen LogP contribution >= 0.6 is 15.9 Å². The largest absolute Gasteiger partial charge is 0.361 e. The highest BCUT2D eigenvalue weighted by Gasteiger charge is 1.94. The molecule has 0 spiro atoms. The van der Waals surface area contributed by atoms with Gasteiger partial charge in [-0.15, -0.1) is 0 Å². The van der Waals surface area contributed by atoms with Gasteiger partial charge in [-0.3, -0.25) is 0 Å². The van der Waals surface area contributed by atoms with Gasteiger partial charge >= 0.3 is 0 Å². The maximum absolute atomic E-state index is 4.98. The van der Waals surface area contributed by atoms with Crippen LogP contribution in [-0.4, -0.2) is 5.01 Å². The van der Waals surface area contributed by atoms with Gasteiger partial charge in [-0.1, -0.05) is 22.9 Å². The third-order valence-electron chi connectivity index (χ3n) is 0.605. The molecule has 2 heteroatoms. The smallest absolute Gasteiger partial charge is 0.112 e. The molecule has 0 N–H and O–H groups in total. The summed E-state index contributed by atoms with van der Waals surface area (Å²) in [4.78, 5) is 0. The number of alkyl halides is 1. The molecule has 0 aliphatic carbocycles. The fourth-order valence-electron chi connectivity index (χ4n) is 0.244. The molecule has 1 atom stereocenters. The molecule has 0 saturated carbocycles. The SMILES string of the molecule is C[CH]OC(Br)CC. The summed E-state index contributed by atoms with van der Waals surface area (Å²) < 4.78 is 4.98. The Morgan fingerprint density at radius 3 is 2.57 bits per heavy atom. The molecule has 0 aliphatic rings. The molecule has 0 rings (SSSR count). The molecule has 7 heavy (non-hydrogen) atoms. The normalized spacial score (nSPS) is 14.1. The van der Waals surface area contributed by atoms with Gasteiger partial charge in [-0.2, -0.15) is 0 Å². The highest BCUT2D eigenvalue weighted by Crippen LogP contribution is 2.05. The molecule has 0 aliphatic heterocycles. The molecule has 0 saturated heterocycles. The Hall–Kier alpha value is 0.440. The predicted molar refractivity (Wildman–Crippen MR) is 34.1 cm³/mol.